The quantitative estimate of drug-likeness (QED) is 0.788. The summed E-state index contributed by atoms with van der Waals surface area (Å²) < 4.78 is 0.505. The Morgan fingerprint density at radius 2 is 2.15 bits per heavy atom. The number of rotatable bonds is 3. The minimum atomic E-state index is -0.924. The highest BCUT2D eigenvalue weighted by Gasteiger charge is 2.45. The van der Waals surface area contributed by atoms with Crippen LogP contribution >= 0.6 is 15.9 Å². The Morgan fingerprint density at radius 3 is 2.75 bits per heavy atom. The number of hydrogen-bond acceptors (Lipinski definition) is 3. The number of carboxylic acid groups (broad SMARTS) is 1. The van der Waals surface area contributed by atoms with Crippen molar-refractivity contribution < 1.29 is 19.8 Å². The van der Waals surface area contributed by atoms with Crippen LogP contribution in [0.2, 0.25) is 0 Å². The summed E-state index contributed by atoms with van der Waals surface area (Å²) in [6.45, 7) is 1.66. The Morgan fingerprint density at radius 1 is 1.45 bits per heavy atom. The average molecular weight is 342 g/mol. The van der Waals surface area contributed by atoms with E-state index in [0.717, 1.165) is 6.42 Å². The molecule has 0 saturated heterocycles. The molecule has 20 heavy (non-hydrogen) atoms. The highest BCUT2D eigenvalue weighted by Crippen LogP contribution is 2.38. The Labute approximate surface area is 125 Å². The van der Waals surface area contributed by atoms with Crippen molar-refractivity contribution in [2.24, 2.45) is 5.41 Å². The Bertz CT molecular complexity index is 560. The van der Waals surface area contributed by atoms with E-state index in [2.05, 4.69) is 21.2 Å². The fraction of sp³-hybridized carbons (Fsp3) is 0.429. The van der Waals surface area contributed by atoms with Gasteiger partial charge in [-0.3, -0.25) is 9.59 Å². The van der Waals surface area contributed by atoms with Crippen molar-refractivity contribution in [2.45, 2.75) is 32.2 Å². The maximum Gasteiger partial charge on any atom is 0.311 e. The van der Waals surface area contributed by atoms with Crippen LogP contribution in [0.5, 0.6) is 5.75 Å². The number of phenolic OH excluding ortho intramolecular Hbond substituents is 1. The molecule has 0 spiro atoms. The molecule has 0 radical (unpaired) electrons. The smallest absolute Gasteiger partial charge is 0.311 e. The van der Waals surface area contributed by atoms with Crippen molar-refractivity contribution in [3.05, 3.63) is 28.2 Å². The first kappa shape index (κ1) is 14.8. The molecule has 1 aliphatic rings. The van der Waals surface area contributed by atoms with Crippen LogP contribution in [0.4, 0.5) is 0 Å². The Balaban J connectivity index is 2.15. The predicted octanol–water partition coefficient (Wildman–Crippen LogP) is 2.53. The van der Waals surface area contributed by atoms with E-state index in [1.807, 2.05) is 0 Å². The van der Waals surface area contributed by atoms with Crippen molar-refractivity contribution in [1.82, 2.24) is 5.32 Å². The third kappa shape index (κ3) is 2.65. The van der Waals surface area contributed by atoms with Crippen LogP contribution in [0.25, 0.3) is 0 Å². The van der Waals surface area contributed by atoms with Crippen LogP contribution in [0.1, 0.15) is 36.5 Å². The van der Waals surface area contributed by atoms with E-state index >= 15 is 0 Å². The summed E-state index contributed by atoms with van der Waals surface area (Å²) in [7, 11) is 0. The third-order valence-electron chi connectivity index (χ3n) is 3.96. The summed E-state index contributed by atoms with van der Waals surface area (Å²) in [5, 5.41) is 21.7. The highest BCUT2D eigenvalue weighted by molar-refractivity contribution is 9.10. The normalized spacial score (nSPS) is 25.4. The molecule has 1 aromatic carbocycles. The largest absolute Gasteiger partial charge is 0.507 e. The number of aromatic hydroxyl groups is 1. The number of benzene rings is 1. The van der Waals surface area contributed by atoms with E-state index < -0.39 is 17.4 Å². The van der Waals surface area contributed by atoms with Crippen LogP contribution in [-0.2, 0) is 4.79 Å². The van der Waals surface area contributed by atoms with E-state index in [9.17, 15) is 19.8 Å². The number of nitrogens with one attached hydrogen (secondary N) is 1. The van der Waals surface area contributed by atoms with Gasteiger partial charge in [-0.05, 0) is 53.9 Å². The first-order valence-electron chi connectivity index (χ1n) is 6.37. The minimum absolute atomic E-state index is 0.0231. The number of halogens is 1. The van der Waals surface area contributed by atoms with Gasteiger partial charge in [0.05, 0.1) is 9.89 Å². The zero-order valence-electron chi connectivity index (χ0n) is 11.0. The molecule has 2 atom stereocenters. The second-order valence-corrected chi connectivity index (χ2v) is 6.16. The van der Waals surface area contributed by atoms with Gasteiger partial charge < -0.3 is 15.5 Å². The summed E-state index contributed by atoms with van der Waals surface area (Å²) in [4.78, 5) is 23.5. The van der Waals surface area contributed by atoms with E-state index in [-0.39, 0.29) is 11.7 Å². The van der Waals surface area contributed by atoms with Gasteiger partial charge in [-0.15, -0.1) is 0 Å². The van der Waals surface area contributed by atoms with Gasteiger partial charge in [0.25, 0.3) is 5.91 Å². The second-order valence-electron chi connectivity index (χ2n) is 5.31. The van der Waals surface area contributed by atoms with E-state index in [1.165, 1.54) is 6.07 Å². The summed E-state index contributed by atoms with van der Waals surface area (Å²) in [6, 6.07) is 4.12. The van der Waals surface area contributed by atoms with Gasteiger partial charge in [0.1, 0.15) is 5.75 Å². The third-order valence-corrected chi connectivity index (χ3v) is 4.63. The van der Waals surface area contributed by atoms with E-state index in [1.54, 1.807) is 19.1 Å². The molecule has 0 aliphatic heterocycles. The number of carbonyl (C=O) groups excluding carboxylic acids is 1. The molecule has 108 valence electrons. The topological polar surface area (TPSA) is 86.6 Å². The minimum Gasteiger partial charge on any atom is -0.507 e. The van der Waals surface area contributed by atoms with Gasteiger partial charge in [-0.2, -0.15) is 0 Å². The van der Waals surface area contributed by atoms with Crippen molar-refractivity contribution in [3.8, 4) is 5.75 Å². The summed E-state index contributed by atoms with van der Waals surface area (Å²) >= 11 is 3.14. The number of amides is 1. The lowest BCUT2D eigenvalue weighted by atomic mass is 9.85. The molecule has 1 amide bonds. The fourth-order valence-electron chi connectivity index (χ4n) is 2.55. The number of aliphatic carboxylic acids is 1. The second kappa shape index (κ2) is 5.44. The van der Waals surface area contributed by atoms with Gasteiger partial charge in [-0.25, -0.2) is 0 Å². The number of carboxylic acids is 1. The zero-order valence-corrected chi connectivity index (χ0v) is 12.6. The summed E-state index contributed by atoms with van der Waals surface area (Å²) in [6.07, 6.45) is 1.98. The number of carbonyl (C=O) groups is 2. The van der Waals surface area contributed by atoms with E-state index in [4.69, 9.17) is 0 Å². The molecule has 1 fully saturated rings. The van der Waals surface area contributed by atoms with Gasteiger partial charge >= 0.3 is 5.97 Å². The molecule has 0 heterocycles. The lowest BCUT2D eigenvalue weighted by Crippen LogP contribution is -2.47. The number of phenols is 1. The summed E-state index contributed by atoms with van der Waals surface area (Å²) in [5.74, 6) is -1.28. The Hall–Kier alpha value is -1.56. The van der Waals surface area contributed by atoms with Crippen LogP contribution < -0.4 is 5.32 Å². The van der Waals surface area contributed by atoms with Crippen molar-refractivity contribution in [2.75, 3.05) is 0 Å². The zero-order chi connectivity index (χ0) is 14.9. The fourth-order valence-corrected chi connectivity index (χ4v) is 2.80. The maximum absolute atomic E-state index is 12.1. The molecule has 1 aromatic rings. The van der Waals surface area contributed by atoms with Crippen LogP contribution in [0.3, 0.4) is 0 Å². The molecule has 0 aromatic heterocycles. The molecule has 0 bridgehead atoms. The van der Waals surface area contributed by atoms with Crippen LogP contribution in [0, 0.1) is 5.41 Å². The lowest BCUT2D eigenvalue weighted by Gasteiger charge is -2.27. The molecule has 6 heteroatoms. The summed E-state index contributed by atoms with van der Waals surface area (Å²) in [5.41, 5.74) is -0.613. The standard InChI is InChI=1S/C14H16BrNO4/c1-14(13(19)20)6-2-3-11(14)16-12(18)8-4-5-9(15)10(17)7-8/h4-5,7,11,17H,2-3,6H2,1H3,(H,16,18)(H,19,20). The monoisotopic (exact) mass is 341 g/mol. The van der Waals surface area contributed by atoms with Crippen LogP contribution in [0.15, 0.2) is 22.7 Å². The molecule has 2 unspecified atom stereocenters. The van der Waals surface area contributed by atoms with Gasteiger partial charge in [-0.1, -0.05) is 6.42 Å². The SMILES string of the molecule is CC1(C(=O)O)CCCC1NC(=O)c1ccc(Br)c(O)c1. The van der Waals surface area contributed by atoms with Crippen molar-refractivity contribution in [3.63, 3.8) is 0 Å². The van der Waals surface area contributed by atoms with Gasteiger partial charge in [0, 0.05) is 11.6 Å². The molecular weight excluding hydrogens is 326 g/mol. The molecule has 3 N–H and O–H groups in total. The van der Waals surface area contributed by atoms with Crippen LogP contribution in [-0.4, -0.2) is 28.1 Å². The Kier molecular flexibility index (Phi) is 4.04. The van der Waals surface area contributed by atoms with Gasteiger partial charge in [0.15, 0.2) is 0 Å². The average Bonchev–Trinajstić information content (AvgIpc) is 2.75. The van der Waals surface area contributed by atoms with E-state index in [0.29, 0.717) is 22.9 Å². The first-order valence-corrected chi connectivity index (χ1v) is 7.16. The molecule has 5 nitrogen and oxygen atoms in total. The molecule has 1 aliphatic carbocycles. The molecule has 1 saturated carbocycles. The molecular formula is C14H16BrNO4. The lowest BCUT2D eigenvalue weighted by molar-refractivity contribution is -0.148. The number of hydrogen-bond donors (Lipinski definition) is 3. The van der Waals surface area contributed by atoms with Crippen molar-refractivity contribution in [1.29, 1.82) is 0 Å². The molecule has 2 rings (SSSR count). The predicted molar refractivity (Wildman–Crippen MR) is 76.7 cm³/mol. The van der Waals surface area contributed by atoms with Crippen molar-refractivity contribution >= 4 is 27.8 Å². The first-order chi connectivity index (χ1) is 9.34. The highest BCUT2D eigenvalue weighted by atomic mass is 79.9. The maximum atomic E-state index is 12.1. The van der Waals surface area contributed by atoms with Gasteiger partial charge in [0.2, 0.25) is 0 Å².